The van der Waals surface area contributed by atoms with Gasteiger partial charge in [0.15, 0.2) is 6.29 Å². The number of amides is 1. The van der Waals surface area contributed by atoms with Crippen LogP contribution in [0.25, 0.3) is 0 Å². The molecule has 11 nitrogen and oxygen atoms in total. The Labute approximate surface area is 556 Å². The van der Waals surface area contributed by atoms with Gasteiger partial charge < -0.3 is 45.1 Å². The van der Waals surface area contributed by atoms with Gasteiger partial charge in [-0.2, -0.15) is 0 Å². The van der Waals surface area contributed by atoms with Gasteiger partial charge in [-0.05, 0) is 44.9 Å². The maximum Gasteiger partial charge on any atom is 0.305 e. The molecule has 1 aliphatic rings. The van der Waals surface area contributed by atoms with Gasteiger partial charge in [0.25, 0.3) is 0 Å². The van der Waals surface area contributed by atoms with Gasteiger partial charge in [0, 0.05) is 12.8 Å². The van der Waals surface area contributed by atoms with Gasteiger partial charge in [-0.3, -0.25) is 9.59 Å². The SMILES string of the molecule is CCCCC/C=C/CC/C=C/C(O)C(COC1OC(CO)C(O)C(O)C1O)NC(=O)CCCCCCCCCCCCCCCCCCCCCCCCCCCCCCCCCCCCCCCCCOC(=O)CCCCCCCCCCCCCCCC. The van der Waals surface area contributed by atoms with Crippen LogP contribution in [0.4, 0.5) is 0 Å². The zero-order valence-electron chi connectivity index (χ0n) is 59.4. The number of aliphatic hydroxyl groups excluding tert-OH is 5. The fourth-order valence-electron chi connectivity index (χ4n) is 12.9. The predicted octanol–water partition coefficient (Wildman–Crippen LogP) is 21.1. The second-order valence-corrected chi connectivity index (χ2v) is 27.8. The number of unbranched alkanes of at least 4 members (excludes halogenated alkanes) is 55. The van der Waals surface area contributed by atoms with Crippen LogP contribution in [0.5, 0.6) is 0 Å². The normalized spacial score (nSPS) is 17.7. The Morgan fingerprint density at radius 1 is 0.400 bits per heavy atom. The summed E-state index contributed by atoms with van der Waals surface area (Å²) < 4.78 is 16.7. The van der Waals surface area contributed by atoms with Crippen LogP contribution in [0.15, 0.2) is 24.3 Å². The molecule has 0 aromatic carbocycles. The van der Waals surface area contributed by atoms with E-state index in [4.69, 9.17) is 14.2 Å². The summed E-state index contributed by atoms with van der Waals surface area (Å²) in [7, 11) is 0. The van der Waals surface area contributed by atoms with Crippen molar-refractivity contribution >= 4 is 11.9 Å². The number of aliphatic hydroxyl groups is 5. The minimum absolute atomic E-state index is 0.0212. The Morgan fingerprint density at radius 3 is 1.10 bits per heavy atom. The number of hydrogen-bond donors (Lipinski definition) is 6. The van der Waals surface area contributed by atoms with Gasteiger partial charge in [0.05, 0.1) is 32.0 Å². The lowest BCUT2D eigenvalue weighted by Crippen LogP contribution is -2.60. The van der Waals surface area contributed by atoms with E-state index < -0.39 is 49.5 Å². The molecule has 0 aromatic heterocycles. The predicted molar refractivity (Wildman–Crippen MR) is 380 cm³/mol. The molecule has 90 heavy (non-hydrogen) atoms. The van der Waals surface area contributed by atoms with E-state index in [9.17, 15) is 35.1 Å². The third-order valence-corrected chi connectivity index (χ3v) is 19.1. The number of allylic oxidation sites excluding steroid dienone is 3. The molecule has 1 aliphatic heterocycles. The molecule has 0 radical (unpaired) electrons. The Hall–Kier alpha value is -1.86. The lowest BCUT2D eigenvalue weighted by atomic mass is 9.99. The molecule has 1 rings (SSSR count). The van der Waals surface area contributed by atoms with Gasteiger partial charge in [0.2, 0.25) is 5.91 Å². The second-order valence-electron chi connectivity index (χ2n) is 27.8. The molecule has 11 heteroatoms. The third kappa shape index (κ3) is 56.5. The molecular formula is C79H151NO10. The Bertz CT molecular complexity index is 1540. The summed E-state index contributed by atoms with van der Waals surface area (Å²) in [5.41, 5.74) is 0. The van der Waals surface area contributed by atoms with Crippen LogP contribution in [0, 0.1) is 0 Å². The molecule has 1 amide bonds. The van der Waals surface area contributed by atoms with Crippen molar-refractivity contribution in [2.45, 2.75) is 448 Å². The van der Waals surface area contributed by atoms with Gasteiger partial charge >= 0.3 is 5.97 Å². The molecule has 0 bridgehead atoms. The smallest absolute Gasteiger partial charge is 0.305 e. The average molecular weight is 1280 g/mol. The van der Waals surface area contributed by atoms with Crippen molar-refractivity contribution in [1.82, 2.24) is 5.32 Å². The third-order valence-electron chi connectivity index (χ3n) is 19.1. The maximum absolute atomic E-state index is 13.0. The number of nitrogens with one attached hydrogen (secondary N) is 1. The first-order valence-electron chi connectivity index (χ1n) is 39.6. The first kappa shape index (κ1) is 86.2. The number of carbonyl (C=O) groups excluding carboxylic acids is 2. The fraction of sp³-hybridized carbons (Fsp3) is 0.924. The Morgan fingerprint density at radius 2 is 0.722 bits per heavy atom. The lowest BCUT2D eigenvalue weighted by Gasteiger charge is -2.40. The van der Waals surface area contributed by atoms with E-state index in [-0.39, 0.29) is 18.5 Å². The minimum atomic E-state index is -1.57. The summed E-state index contributed by atoms with van der Waals surface area (Å²) >= 11 is 0. The molecule has 0 spiro atoms. The van der Waals surface area contributed by atoms with E-state index in [0.29, 0.717) is 19.4 Å². The van der Waals surface area contributed by atoms with Crippen molar-refractivity contribution in [3.63, 3.8) is 0 Å². The highest BCUT2D eigenvalue weighted by Crippen LogP contribution is 2.24. The van der Waals surface area contributed by atoms with E-state index >= 15 is 0 Å². The molecule has 6 N–H and O–H groups in total. The number of rotatable bonds is 71. The molecule has 1 heterocycles. The van der Waals surface area contributed by atoms with Crippen molar-refractivity contribution in [1.29, 1.82) is 0 Å². The number of hydrogen-bond acceptors (Lipinski definition) is 10. The molecule has 7 unspecified atom stereocenters. The molecule has 0 saturated carbocycles. The second kappa shape index (κ2) is 68.5. The topological polar surface area (TPSA) is 175 Å². The van der Waals surface area contributed by atoms with Crippen LogP contribution in [0.2, 0.25) is 0 Å². The van der Waals surface area contributed by atoms with E-state index in [1.165, 1.54) is 327 Å². The highest BCUT2D eigenvalue weighted by atomic mass is 16.7. The quantitative estimate of drug-likeness (QED) is 0.0195. The molecule has 0 aromatic rings. The average Bonchev–Trinajstić information content (AvgIpc) is 0.983. The first-order valence-corrected chi connectivity index (χ1v) is 39.6. The highest BCUT2D eigenvalue weighted by molar-refractivity contribution is 5.76. The van der Waals surface area contributed by atoms with Crippen molar-refractivity contribution in [3.8, 4) is 0 Å². The lowest BCUT2D eigenvalue weighted by molar-refractivity contribution is -0.302. The maximum atomic E-state index is 13.0. The molecule has 1 saturated heterocycles. The van der Waals surface area contributed by atoms with E-state index in [1.54, 1.807) is 6.08 Å². The number of carbonyl (C=O) groups is 2. The zero-order chi connectivity index (χ0) is 65.1. The van der Waals surface area contributed by atoms with Gasteiger partial charge in [-0.1, -0.05) is 372 Å². The standard InChI is InChI=1S/C79H151NO10/c1-3-5-7-9-11-13-14-15-44-47-51-55-59-63-67-75(84)88-68-64-60-56-52-48-45-42-40-38-36-34-32-30-28-26-24-22-20-18-16-17-19-21-23-25-27-29-31-33-35-37-39-41-43-46-50-54-58-62-66-74(83)80-71(72(82)65-61-57-53-49-12-10-8-6-4-2)70-89-79-78(87)77(86)76(85)73(69-81)90-79/h12,49,61,65,71-73,76-79,81-82,85-87H,3-11,13-48,50-60,62-64,66-70H2,1-2H3,(H,80,83)/b49-12+,65-61+. The van der Waals surface area contributed by atoms with Crippen molar-refractivity contribution in [3.05, 3.63) is 24.3 Å². The molecular weight excluding hydrogens is 1120 g/mol. The van der Waals surface area contributed by atoms with Crippen LogP contribution in [-0.2, 0) is 23.8 Å². The molecule has 532 valence electrons. The summed E-state index contributed by atoms with van der Waals surface area (Å²) in [6.07, 6.45) is 78.2. The van der Waals surface area contributed by atoms with Crippen LogP contribution in [0.3, 0.4) is 0 Å². The first-order chi connectivity index (χ1) is 44.2. The monoisotopic (exact) mass is 1270 g/mol. The number of esters is 1. The number of ether oxygens (including phenoxy) is 3. The summed E-state index contributed by atoms with van der Waals surface area (Å²) in [4.78, 5) is 25.1. The summed E-state index contributed by atoms with van der Waals surface area (Å²) in [5.74, 6) is -0.165. The molecule has 1 fully saturated rings. The van der Waals surface area contributed by atoms with E-state index in [1.807, 2.05) is 6.08 Å². The van der Waals surface area contributed by atoms with Gasteiger partial charge in [-0.15, -0.1) is 0 Å². The van der Waals surface area contributed by atoms with Crippen molar-refractivity contribution in [2.75, 3.05) is 19.8 Å². The van der Waals surface area contributed by atoms with Crippen molar-refractivity contribution in [2.24, 2.45) is 0 Å². The van der Waals surface area contributed by atoms with Crippen LogP contribution >= 0.6 is 0 Å². The summed E-state index contributed by atoms with van der Waals surface area (Å²) in [6, 6.07) is -0.821. The minimum Gasteiger partial charge on any atom is -0.466 e. The van der Waals surface area contributed by atoms with Crippen LogP contribution in [0.1, 0.15) is 406 Å². The van der Waals surface area contributed by atoms with E-state index in [0.717, 1.165) is 51.4 Å². The molecule has 0 aliphatic carbocycles. The highest BCUT2D eigenvalue weighted by Gasteiger charge is 2.44. The van der Waals surface area contributed by atoms with Gasteiger partial charge in [0.1, 0.15) is 24.4 Å². The Balaban J connectivity index is 1.83. The Kier molecular flexibility index (Phi) is 65.6. The zero-order valence-corrected chi connectivity index (χ0v) is 59.4. The van der Waals surface area contributed by atoms with Crippen LogP contribution < -0.4 is 5.32 Å². The summed E-state index contributed by atoms with van der Waals surface area (Å²) in [6.45, 7) is 4.33. The van der Waals surface area contributed by atoms with Crippen LogP contribution in [-0.4, -0.2) is 100 Å². The van der Waals surface area contributed by atoms with E-state index in [2.05, 4.69) is 31.3 Å². The largest absolute Gasteiger partial charge is 0.466 e. The fourth-order valence-corrected chi connectivity index (χ4v) is 12.9. The molecule has 7 atom stereocenters. The van der Waals surface area contributed by atoms with Crippen molar-refractivity contribution < 1.29 is 49.3 Å². The summed E-state index contributed by atoms with van der Waals surface area (Å²) in [5, 5.41) is 54.3. The van der Waals surface area contributed by atoms with Gasteiger partial charge in [-0.25, -0.2) is 0 Å².